The van der Waals surface area contributed by atoms with E-state index < -0.39 is 0 Å². The Hall–Kier alpha value is -4.12. The molecule has 0 aliphatic rings. The van der Waals surface area contributed by atoms with Crippen molar-refractivity contribution in [2.24, 2.45) is 0 Å². The first kappa shape index (κ1) is 21.1. The Kier molecular flexibility index (Phi) is 6.17. The van der Waals surface area contributed by atoms with Crippen molar-refractivity contribution in [3.8, 4) is 16.3 Å². The van der Waals surface area contributed by atoms with E-state index >= 15 is 0 Å². The molecule has 11 heteroatoms. The van der Waals surface area contributed by atoms with Gasteiger partial charge in [-0.3, -0.25) is 4.79 Å². The standard InChI is InChI=1S/C21H20N8O2S/c1-12-26-29-21(32-12)13-7-6-8-14(19(13)31-3)24-15-11-17(25-16-9-4-5-10-23-16)27-28-18(15)20(30)22-2/h4-11H,1-3H3,(H,22,30)(H2,23,24,25,27). The maximum atomic E-state index is 12.4. The van der Waals surface area contributed by atoms with Gasteiger partial charge < -0.3 is 20.7 Å². The van der Waals surface area contributed by atoms with Gasteiger partial charge in [0.05, 0.1) is 24.0 Å². The highest BCUT2D eigenvalue weighted by Crippen LogP contribution is 2.39. The van der Waals surface area contributed by atoms with E-state index in [1.807, 2.05) is 37.3 Å². The minimum atomic E-state index is -0.376. The van der Waals surface area contributed by atoms with Crippen LogP contribution in [0.15, 0.2) is 48.7 Å². The van der Waals surface area contributed by atoms with Crippen LogP contribution in [0.25, 0.3) is 10.6 Å². The fourth-order valence-corrected chi connectivity index (χ4v) is 3.69. The van der Waals surface area contributed by atoms with Gasteiger partial charge in [-0.25, -0.2) is 4.98 Å². The van der Waals surface area contributed by atoms with Crippen LogP contribution < -0.4 is 20.7 Å². The van der Waals surface area contributed by atoms with Crippen molar-refractivity contribution in [3.05, 3.63) is 59.4 Å². The largest absolute Gasteiger partial charge is 0.494 e. The molecule has 0 fully saturated rings. The summed E-state index contributed by atoms with van der Waals surface area (Å²) in [5, 5.41) is 27.0. The van der Waals surface area contributed by atoms with Gasteiger partial charge in [0.2, 0.25) is 0 Å². The molecule has 4 aromatic rings. The summed E-state index contributed by atoms with van der Waals surface area (Å²) in [4.78, 5) is 16.6. The van der Waals surface area contributed by atoms with Gasteiger partial charge in [-0.05, 0) is 31.2 Å². The van der Waals surface area contributed by atoms with E-state index in [9.17, 15) is 4.79 Å². The molecule has 0 atom stereocenters. The molecule has 3 N–H and O–H groups in total. The van der Waals surface area contributed by atoms with Crippen LogP contribution in [0.4, 0.5) is 23.0 Å². The molecule has 0 aliphatic carbocycles. The second-order valence-electron chi connectivity index (χ2n) is 6.55. The van der Waals surface area contributed by atoms with Gasteiger partial charge in [0.15, 0.2) is 22.3 Å². The number of nitrogens with zero attached hydrogens (tertiary/aromatic N) is 5. The lowest BCUT2D eigenvalue weighted by atomic mass is 10.1. The van der Waals surface area contributed by atoms with Crippen molar-refractivity contribution in [2.75, 3.05) is 24.8 Å². The smallest absolute Gasteiger partial charge is 0.273 e. The van der Waals surface area contributed by atoms with Crippen molar-refractivity contribution in [2.45, 2.75) is 6.92 Å². The van der Waals surface area contributed by atoms with Crippen molar-refractivity contribution in [1.29, 1.82) is 0 Å². The number of para-hydroxylation sites is 1. The lowest BCUT2D eigenvalue weighted by molar-refractivity contribution is 0.0958. The summed E-state index contributed by atoms with van der Waals surface area (Å²) in [5.74, 6) is 1.22. The Morgan fingerprint density at radius 2 is 1.84 bits per heavy atom. The average Bonchev–Trinajstić information content (AvgIpc) is 3.25. The number of pyridine rings is 1. The molecule has 162 valence electrons. The number of ether oxygens (including phenoxy) is 1. The topological polar surface area (TPSA) is 127 Å². The maximum absolute atomic E-state index is 12.4. The fourth-order valence-electron chi connectivity index (χ4n) is 2.98. The number of rotatable bonds is 7. The number of aromatic nitrogens is 5. The molecule has 10 nitrogen and oxygen atoms in total. The zero-order valence-electron chi connectivity index (χ0n) is 17.6. The lowest BCUT2D eigenvalue weighted by Crippen LogP contribution is -2.21. The molecular formula is C21H20N8O2S. The van der Waals surface area contributed by atoms with Crippen LogP contribution in [0, 0.1) is 6.92 Å². The average molecular weight is 449 g/mol. The van der Waals surface area contributed by atoms with Gasteiger partial charge in [0.25, 0.3) is 5.91 Å². The highest BCUT2D eigenvalue weighted by Gasteiger charge is 2.19. The minimum Gasteiger partial charge on any atom is -0.494 e. The van der Waals surface area contributed by atoms with Gasteiger partial charge in [0.1, 0.15) is 10.8 Å². The van der Waals surface area contributed by atoms with Crippen molar-refractivity contribution >= 4 is 40.3 Å². The number of hydrogen-bond donors (Lipinski definition) is 3. The molecule has 1 amide bonds. The van der Waals surface area contributed by atoms with Crippen LogP contribution in [0.5, 0.6) is 5.75 Å². The summed E-state index contributed by atoms with van der Waals surface area (Å²) in [6.07, 6.45) is 1.67. The van der Waals surface area contributed by atoms with E-state index in [0.29, 0.717) is 28.8 Å². The van der Waals surface area contributed by atoms with Gasteiger partial charge in [-0.1, -0.05) is 23.5 Å². The van der Waals surface area contributed by atoms with Crippen LogP contribution in [-0.2, 0) is 0 Å². The minimum absolute atomic E-state index is 0.137. The number of hydrogen-bond acceptors (Lipinski definition) is 10. The monoisotopic (exact) mass is 448 g/mol. The number of carbonyl (C=O) groups is 1. The molecule has 3 heterocycles. The second kappa shape index (κ2) is 9.35. The second-order valence-corrected chi connectivity index (χ2v) is 7.73. The Balaban J connectivity index is 1.74. The number of carbonyl (C=O) groups excluding carboxylic acids is 1. The van der Waals surface area contributed by atoms with E-state index in [1.165, 1.54) is 18.4 Å². The summed E-state index contributed by atoms with van der Waals surface area (Å²) < 4.78 is 5.68. The normalized spacial score (nSPS) is 10.5. The zero-order chi connectivity index (χ0) is 22.5. The molecule has 0 bridgehead atoms. The number of amides is 1. The van der Waals surface area contributed by atoms with E-state index in [4.69, 9.17) is 4.74 Å². The SMILES string of the molecule is CNC(=O)c1nnc(Nc2ccccn2)cc1Nc1cccc(-c2nnc(C)s2)c1OC. The predicted octanol–water partition coefficient (Wildman–Crippen LogP) is 3.55. The van der Waals surface area contributed by atoms with Crippen LogP contribution in [0.3, 0.4) is 0 Å². The number of aryl methyl sites for hydroxylation is 1. The van der Waals surface area contributed by atoms with E-state index in [1.54, 1.807) is 25.4 Å². The van der Waals surface area contributed by atoms with Crippen LogP contribution >= 0.6 is 11.3 Å². The summed E-state index contributed by atoms with van der Waals surface area (Å²) in [5.41, 5.74) is 2.01. The highest BCUT2D eigenvalue weighted by atomic mass is 32.1. The molecule has 1 aromatic carbocycles. The summed E-state index contributed by atoms with van der Waals surface area (Å²) in [6.45, 7) is 1.89. The van der Waals surface area contributed by atoms with E-state index in [-0.39, 0.29) is 11.6 Å². The Morgan fingerprint density at radius 1 is 0.969 bits per heavy atom. The number of nitrogens with one attached hydrogen (secondary N) is 3. The quantitative estimate of drug-likeness (QED) is 0.389. The van der Waals surface area contributed by atoms with Crippen LogP contribution in [-0.4, -0.2) is 45.4 Å². The molecule has 4 rings (SSSR count). The molecule has 32 heavy (non-hydrogen) atoms. The molecule has 0 unspecified atom stereocenters. The van der Waals surface area contributed by atoms with Gasteiger partial charge >= 0.3 is 0 Å². The van der Waals surface area contributed by atoms with E-state index in [0.717, 1.165) is 15.6 Å². The lowest BCUT2D eigenvalue weighted by Gasteiger charge is -2.16. The molecule has 0 spiro atoms. The first-order chi connectivity index (χ1) is 15.6. The van der Waals surface area contributed by atoms with E-state index in [2.05, 4.69) is 41.3 Å². The van der Waals surface area contributed by atoms with Crippen LogP contribution in [0.2, 0.25) is 0 Å². The number of anilines is 4. The Morgan fingerprint density at radius 3 is 2.53 bits per heavy atom. The Bertz CT molecular complexity index is 1250. The zero-order valence-corrected chi connectivity index (χ0v) is 18.4. The first-order valence-corrected chi connectivity index (χ1v) is 10.4. The highest BCUT2D eigenvalue weighted by molar-refractivity contribution is 7.14. The summed E-state index contributed by atoms with van der Waals surface area (Å²) in [7, 11) is 3.11. The van der Waals surface area contributed by atoms with Crippen molar-refractivity contribution in [1.82, 2.24) is 30.7 Å². The molecule has 3 aromatic heterocycles. The third kappa shape index (κ3) is 4.47. The molecule has 0 saturated carbocycles. The number of methoxy groups -OCH3 is 1. The summed E-state index contributed by atoms with van der Waals surface area (Å²) in [6, 6.07) is 12.8. The van der Waals surface area contributed by atoms with Crippen molar-refractivity contribution < 1.29 is 9.53 Å². The van der Waals surface area contributed by atoms with Crippen molar-refractivity contribution in [3.63, 3.8) is 0 Å². The third-order valence-corrected chi connectivity index (χ3v) is 5.27. The third-order valence-electron chi connectivity index (χ3n) is 4.40. The molecule has 0 saturated heterocycles. The van der Waals surface area contributed by atoms with Gasteiger partial charge in [0, 0.05) is 19.3 Å². The molecular weight excluding hydrogens is 428 g/mol. The van der Waals surface area contributed by atoms with Gasteiger partial charge in [-0.15, -0.1) is 20.4 Å². The summed E-state index contributed by atoms with van der Waals surface area (Å²) >= 11 is 1.47. The molecule has 0 aliphatic heterocycles. The predicted molar refractivity (Wildman–Crippen MR) is 123 cm³/mol. The molecule has 0 radical (unpaired) electrons. The Labute approximate surface area is 188 Å². The first-order valence-electron chi connectivity index (χ1n) is 9.61. The van der Waals surface area contributed by atoms with Crippen LogP contribution in [0.1, 0.15) is 15.5 Å². The maximum Gasteiger partial charge on any atom is 0.273 e. The fraction of sp³-hybridized carbons (Fsp3) is 0.143. The number of benzene rings is 1. The van der Waals surface area contributed by atoms with Gasteiger partial charge in [-0.2, -0.15) is 0 Å².